The maximum Gasteiger partial charge on any atom is 0.119 e. The van der Waals surface area contributed by atoms with Gasteiger partial charge in [-0.2, -0.15) is 0 Å². The molecule has 0 bridgehead atoms. The molecule has 0 spiro atoms. The van der Waals surface area contributed by atoms with Crippen molar-refractivity contribution in [3.05, 3.63) is 30.3 Å². The standard InChI is InChI=1S/C14H22O/c1-3-5-10-13(9-4-2)15-14-11-7-6-8-12-14/h6-8,11-13H,3-5,9-10H2,1-2H3/t13-/m1/s1/i10D/t10?,13-. The van der Waals surface area contributed by atoms with Crippen molar-refractivity contribution in [2.75, 3.05) is 0 Å². The summed E-state index contributed by atoms with van der Waals surface area (Å²) in [6.45, 7) is 4.26. The largest absolute Gasteiger partial charge is 0.490 e. The Labute approximate surface area is 94.9 Å². The molecule has 0 fully saturated rings. The first-order chi connectivity index (χ1) is 7.77. The third kappa shape index (κ3) is 4.87. The SMILES string of the molecule is [2H]C(CCC)[C@@H](CCC)Oc1ccccc1. The fourth-order valence-electron chi connectivity index (χ4n) is 1.54. The predicted molar refractivity (Wildman–Crippen MR) is 65.3 cm³/mol. The van der Waals surface area contributed by atoms with Crippen molar-refractivity contribution >= 4 is 0 Å². The van der Waals surface area contributed by atoms with E-state index in [0.717, 1.165) is 31.4 Å². The van der Waals surface area contributed by atoms with Crippen molar-refractivity contribution in [1.29, 1.82) is 0 Å². The Morgan fingerprint density at radius 1 is 1.20 bits per heavy atom. The van der Waals surface area contributed by atoms with Crippen LogP contribution in [0.15, 0.2) is 30.3 Å². The molecule has 0 saturated carbocycles. The highest BCUT2D eigenvalue weighted by molar-refractivity contribution is 5.21. The zero-order valence-corrected chi connectivity index (χ0v) is 9.78. The first-order valence-electron chi connectivity index (χ1n) is 6.49. The smallest absolute Gasteiger partial charge is 0.119 e. The molecule has 0 aliphatic rings. The Kier molecular flexibility index (Phi) is 5.15. The molecule has 1 heteroatoms. The van der Waals surface area contributed by atoms with Gasteiger partial charge in [0.05, 0.1) is 6.10 Å². The third-order valence-electron chi connectivity index (χ3n) is 2.32. The van der Waals surface area contributed by atoms with Gasteiger partial charge in [-0.3, -0.25) is 0 Å². The number of hydrogen-bond acceptors (Lipinski definition) is 1. The van der Waals surface area contributed by atoms with Gasteiger partial charge in [0, 0.05) is 1.37 Å². The molecule has 0 aliphatic carbocycles. The highest BCUT2D eigenvalue weighted by atomic mass is 16.5. The Morgan fingerprint density at radius 2 is 1.93 bits per heavy atom. The zero-order valence-electron chi connectivity index (χ0n) is 10.8. The van der Waals surface area contributed by atoms with E-state index in [2.05, 4.69) is 13.8 Å². The van der Waals surface area contributed by atoms with Crippen LogP contribution in [0.4, 0.5) is 0 Å². The van der Waals surface area contributed by atoms with E-state index >= 15 is 0 Å². The first-order valence-corrected chi connectivity index (χ1v) is 5.91. The molecule has 0 saturated heterocycles. The van der Waals surface area contributed by atoms with Crippen LogP contribution in [0, 0.1) is 0 Å². The molecule has 0 heterocycles. The topological polar surface area (TPSA) is 9.23 Å². The summed E-state index contributed by atoms with van der Waals surface area (Å²) in [5.41, 5.74) is 0. The van der Waals surface area contributed by atoms with Crippen LogP contribution < -0.4 is 4.74 Å². The van der Waals surface area contributed by atoms with Gasteiger partial charge in [0.1, 0.15) is 5.75 Å². The fourth-order valence-corrected chi connectivity index (χ4v) is 1.54. The van der Waals surface area contributed by atoms with Gasteiger partial charge < -0.3 is 4.74 Å². The van der Waals surface area contributed by atoms with Crippen molar-refractivity contribution < 1.29 is 6.11 Å². The van der Waals surface area contributed by atoms with Gasteiger partial charge in [-0.05, 0) is 25.0 Å². The van der Waals surface area contributed by atoms with Crippen LogP contribution in [0.5, 0.6) is 5.75 Å². The van der Waals surface area contributed by atoms with E-state index < -0.39 is 0 Å². The summed E-state index contributed by atoms with van der Waals surface area (Å²) in [4.78, 5) is 0. The van der Waals surface area contributed by atoms with Crippen LogP contribution in [0.3, 0.4) is 0 Å². The summed E-state index contributed by atoms with van der Waals surface area (Å²) in [6, 6.07) is 9.84. The minimum Gasteiger partial charge on any atom is -0.490 e. The van der Waals surface area contributed by atoms with Gasteiger partial charge in [-0.1, -0.05) is 51.3 Å². The number of para-hydroxylation sites is 1. The Hall–Kier alpha value is -0.980. The molecule has 15 heavy (non-hydrogen) atoms. The van der Waals surface area contributed by atoms with E-state index in [1.165, 1.54) is 0 Å². The Bertz CT molecular complexity index is 273. The summed E-state index contributed by atoms with van der Waals surface area (Å²) >= 11 is 0. The molecule has 0 aromatic heterocycles. The highest BCUT2D eigenvalue weighted by Gasteiger charge is 2.08. The Balaban J connectivity index is 2.57. The monoisotopic (exact) mass is 207 g/mol. The molecule has 1 aromatic carbocycles. The number of rotatable bonds is 7. The van der Waals surface area contributed by atoms with Gasteiger partial charge in [-0.25, -0.2) is 0 Å². The second-order valence-corrected chi connectivity index (χ2v) is 3.78. The van der Waals surface area contributed by atoms with Crippen molar-refractivity contribution in [2.45, 2.75) is 52.0 Å². The lowest BCUT2D eigenvalue weighted by Crippen LogP contribution is -2.15. The lowest BCUT2D eigenvalue weighted by atomic mass is 10.1. The molecule has 0 N–H and O–H groups in total. The van der Waals surface area contributed by atoms with Crippen molar-refractivity contribution in [3.63, 3.8) is 0 Å². The van der Waals surface area contributed by atoms with Crippen LogP contribution in [0.1, 0.15) is 47.3 Å². The molecular weight excluding hydrogens is 184 g/mol. The van der Waals surface area contributed by atoms with E-state index in [4.69, 9.17) is 6.11 Å². The van der Waals surface area contributed by atoms with Gasteiger partial charge in [0.15, 0.2) is 0 Å². The lowest BCUT2D eigenvalue weighted by molar-refractivity contribution is 0.176. The van der Waals surface area contributed by atoms with Gasteiger partial charge in [-0.15, -0.1) is 0 Å². The Morgan fingerprint density at radius 3 is 2.53 bits per heavy atom. The molecule has 0 radical (unpaired) electrons. The number of benzene rings is 1. The van der Waals surface area contributed by atoms with Crippen LogP contribution in [0.2, 0.25) is 0 Å². The third-order valence-corrected chi connectivity index (χ3v) is 2.32. The van der Waals surface area contributed by atoms with E-state index in [0.29, 0.717) is 0 Å². The molecule has 1 rings (SSSR count). The summed E-state index contributed by atoms with van der Waals surface area (Å²) in [5, 5.41) is 0. The average Bonchev–Trinajstić information content (AvgIpc) is 2.30. The molecular formula is C14H22O. The maximum atomic E-state index is 8.06. The maximum absolute atomic E-state index is 8.06. The van der Waals surface area contributed by atoms with Crippen LogP contribution >= 0.6 is 0 Å². The lowest BCUT2D eigenvalue weighted by Gasteiger charge is -2.18. The quantitative estimate of drug-likeness (QED) is 0.643. The zero-order chi connectivity index (χ0) is 11.8. The molecule has 1 nitrogen and oxygen atoms in total. The van der Waals surface area contributed by atoms with E-state index in [1.54, 1.807) is 0 Å². The molecule has 0 aliphatic heterocycles. The van der Waals surface area contributed by atoms with Crippen molar-refractivity contribution in [2.24, 2.45) is 0 Å². The van der Waals surface area contributed by atoms with Gasteiger partial charge >= 0.3 is 0 Å². The second kappa shape index (κ2) is 7.33. The van der Waals surface area contributed by atoms with E-state index in [1.807, 2.05) is 30.3 Å². The van der Waals surface area contributed by atoms with Crippen LogP contribution in [-0.2, 0) is 0 Å². The molecule has 2 atom stereocenters. The second-order valence-electron chi connectivity index (χ2n) is 3.78. The van der Waals surface area contributed by atoms with E-state index in [9.17, 15) is 0 Å². The number of ether oxygens (including phenoxy) is 1. The highest BCUT2D eigenvalue weighted by Crippen LogP contribution is 2.17. The fraction of sp³-hybridized carbons (Fsp3) is 0.571. The van der Waals surface area contributed by atoms with Crippen molar-refractivity contribution in [3.8, 4) is 5.75 Å². The summed E-state index contributed by atoms with van der Waals surface area (Å²) < 4.78 is 13.9. The number of hydrogen-bond donors (Lipinski definition) is 0. The summed E-state index contributed by atoms with van der Waals surface area (Å²) in [5.74, 6) is 0.884. The molecule has 0 amide bonds. The van der Waals surface area contributed by atoms with Crippen molar-refractivity contribution in [1.82, 2.24) is 0 Å². The van der Waals surface area contributed by atoms with E-state index in [-0.39, 0.29) is 12.5 Å². The first kappa shape index (κ1) is 10.5. The van der Waals surface area contributed by atoms with Gasteiger partial charge in [0.25, 0.3) is 0 Å². The molecule has 84 valence electrons. The average molecular weight is 207 g/mol. The molecule has 1 unspecified atom stereocenters. The predicted octanol–water partition coefficient (Wildman–Crippen LogP) is 4.42. The summed E-state index contributed by atoms with van der Waals surface area (Å²) in [7, 11) is 0. The normalized spacial score (nSPS) is 15.5. The van der Waals surface area contributed by atoms with Gasteiger partial charge in [0.2, 0.25) is 0 Å². The summed E-state index contributed by atoms with van der Waals surface area (Å²) in [6.07, 6.45) is 3.92. The minimum absolute atomic E-state index is 0.0346. The molecule has 1 aromatic rings. The minimum atomic E-state index is -0.106. The van der Waals surface area contributed by atoms with Crippen LogP contribution in [0.25, 0.3) is 0 Å². The van der Waals surface area contributed by atoms with Crippen LogP contribution in [-0.4, -0.2) is 6.10 Å².